The molecule has 9 heteroatoms. The fraction of sp³-hybridized carbons (Fsp3) is 0.250. The van der Waals surface area contributed by atoms with E-state index in [-0.39, 0.29) is 5.56 Å². The predicted molar refractivity (Wildman–Crippen MR) is 98.9 cm³/mol. The second-order valence-corrected chi connectivity index (χ2v) is 6.78. The summed E-state index contributed by atoms with van der Waals surface area (Å²) >= 11 is 0. The Morgan fingerprint density at radius 1 is 1.07 bits per heavy atom. The molecule has 1 fully saturated rings. The summed E-state index contributed by atoms with van der Waals surface area (Å²) in [5.74, 6) is -1.48. The van der Waals surface area contributed by atoms with Crippen LogP contribution in [0.25, 0.3) is 0 Å². The normalized spacial score (nSPS) is 19.3. The smallest absolute Gasteiger partial charge is 0.319 e. The Balaban J connectivity index is 1.88. The molecule has 1 saturated heterocycles. The molecular formula is C20H18F3N3O3. The molecule has 0 radical (unpaired) electrons. The van der Waals surface area contributed by atoms with Gasteiger partial charge in [0.25, 0.3) is 5.91 Å². The average molecular weight is 405 g/mol. The highest BCUT2D eigenvalue weighted by Crippen LogP contribution is 2.39. The van der Waals surface area contributed by atoms with Gasteiger partial charge in [0.15, 0.2) is 0 Å². The number of amides is 4. The minimum absolute atomic E-state index is 0.378. The van der Waals surface area contributed by atoms with E-state index in [4.69, 9.17) is 0 Å². The molecule has 29 heavy (non-hydrogen) atoms. The van der Waals surface area contributed by atoms with Crippen molar-refractivity contribution in [1.82, 2.24) is 10.2 Å². The fourth-order valence-electron chi connectivity index (χ4n) is 3.23. The fourth-order valence-corrected chi connectivity index (χ4v) is 3.23. The van der Waals surface area contributed by atoms with Gasteiger partial charge in [-0.25, -0.2) is 4.79 Å². The van der Waals surface area contributed by atoms with Crippen LogP contribution in [-0.4, -0.2) is 36.3 Å². The molecule has 0 saturated carbocycles. The summed E-state index contributed by atoms with van der Waals surface area (Å²) in [4.78, 5) is 39.7. The molecule has 0 spiro atoms. The van der Waals surface area contributed by atoms with Crippen molar-refractivity contribution in [2.24, 2.45) is 0 Å². The van der Waals surface area contributed by atoms with Crippen molar-refractivity contribution >= 4 is 23.5 Å². The van der Waals surface area contributed by atoms with Crippen LogP contribution in [0.3, 0.4) is 0 Å². The molecule has 6 nitrogen and oxygen atoms in total. The van der Waals surface area contributed by atoms with Gasteiger partial charge in [-0.1, -0.05) is 36.4 Å². The highest BCUT2D eigenvalue weighted by Gasteiger charge is 2.52. The van der Waals surface area contributed by atoms with Crippen molar-refractivity contribution in [1.29, 1.82) is 0 Å². The van der Waals surface area contributed by atoms with E-state index in [1.165, 1.54) is 31.0 Å². The number of rotatable bonds is 4. The Morgan fingerprint density at radius 3 is 2.28 bits per heavy atom. The van der Waals surface area contributed by atoms with Crippen LogP contribution < -0.4 is 10.2 Å². The maximum Gasteiger partial charge on any atom is 0.416 e. The number of para-hydroxylation sites is 1. The first-order valence-corrected chi connectivity index (χ1v) is 8.68. The van der Waals surface area contributed by atoms with Gasteiger partial charge in [0.2, 0.25) is 5.91 Å². The van der Waals surface area contributed by atoms with Gasteiger partial charge in [0.05, 0.1) is 5.56 Å². The molecular weight excluding hydrogens is 387 g/mol. The van der Waals surface area contributed by atoms with Crippen LogP contribution >= 0.6 is 0 Å². The molecule has 1 N–H and O–H groups in total. The highest BCUT2D eigenvalue weighted by atomic mass is 19.4. The summed E-state index contributed by atoms with van der Waals surface area (Å²) in [5.41, 5.74) is -2.79. The number of halogens is 3. The van der Waals surface area contributed by atoms with Gasteiger partial charge in [0.1, 0.15) is 12.1 Å². The van der Waals surface area contributed by atoms with Crippen molar-refractivity contribution in [2.75, 3.05) is 18.5 Å². The number of hydrogen-bond donors (Lipinski definition) is 1. The Hall–Kier alpha value is -3.36. The molecule has 2 aromatic rings. The quantitative estimate of drug-likeness (QED) is 0.795. The first-order chi connectivity index (χ1) is 13.6. The zero-order chi connectivity index (χ0) is 21.4. The number of carbonyl (C=O) groups excluding carboxylic acids is 3. The van der Waals surface area contributed by atoms with E-state index in [0.29, 0.717) is 10.6 Å². The van der Waals surface area contributed by atoms with Crippen LogP contribution in [0.5, 0.6) is 0 Å². The second kappa shape index (κ2) is 7.23. The van der Waals surface area contributed by atoms with Gasteiger partial charge in [-0.05, 0) is 30.7 Å². The third kappa shape index (κ3) is 3.67. The summed E-state index contributed by atoms with van der Waals surface area (Å²) < 4.78 is 40.2. The van der Waals surface area contributed by atoms with Gasteiger partial charge in [-0.3, -0.25) is 14.5 Å². The third-order valence-corrected chi connectivity index (χ3v) is 4.86. The van der Waals surface area contributed by atoms with Crippen molar-refractivity contribution in [3.05, 3.63) is 65.7 Å². The van der Waals surface area contributed by atoms with Gasteiger partial charge in [0, 0.05) is 12.7 Å². The molecule has 152 valence electrons. The number of nitrogens with zero attached hydrogens (tertiary/aromatic N) is 2. The van der Waals surface area contributed by atoms with E-state index in [0.717, 1.165) is 12.1 Å². The van der Waals surface area contributed by atoms with E-state index in [1.807, 2.05) is 0 Å². The van der Waals surface area contributed by atoms with E-state index >= 15 is 0 Å². The van der Waals surface area contributed by atoms with Crippen LogP contribution in [0.1, 0.15) is 18.1 Å². The summed E-state index contributed by atoms with van der Waals surface area (Å²) in [5, 5.41) is 2.31. The molecule has 1 aliphatic rings. The SMILES string of the molecule is CN(C(=O)CN1C(=O)N[C@](C)(c2ccccc2C(F)(F)F)C1=O)c1ccccc1. The standard InChI is InChI=1S/C20H18F3N3O3/c1-19(14-10-6-7-11-15(14)20(21,22)23)17(28)26(18(29)24-19)12-16(27)25(2)13-8-4-3-5-9-13/h3-11H,12H2,1-2H3,(H,24,29)/t19-/m1/s1. The minimum Gasteiger partial charge on any atom is -0.319 e. The Labute approximate surface area is 164 Å². The summed E-state index contributed by atoms with van der Waals surface area (Å²) in [7, 11) is 1.48. The van der Waals surface area contributed by atoms with Crippen molar-refractivity contribution in [3.63, 3.8) is 0 Å². The maximum atomic E-state index is 13.4. The monoisotopic (exact) mass is 405 g/mol. The van der Waals surface area contributed by atoms with E-state index in [2.05, 4.69) is 5.32 Å². The molecule has 3 rings (SSSR count). The van der Waals surface area contributed by atoms with E-state index < -0.39 is 41.7 Å². The summed E-state index contributed by atoms with van der Waals surface area (Å²) in [6, 6.07) is 12.2. The van der Waals surface area contributed by atoms with Crippen molar-refractivity contribution in [2.45, 2.75) is 18.6 Å². The lowest BCUT2D eigenvalue weighted by molar-refractivity contribution is -0.140. The molecule has 1 atom stereocenters. The largest absolute Gasteiger partial charge is 0.416 e. The maximum absolute atomic E-state index is 13.4. The Morgan fingerprint density at radius 2 is 1.66 bits per heavy atom. The van der Waals surface area contributed by atoms with Crippen LogP contribution in [0.15, 0.2) is 54.6 Å². The number of anilines is 1. The highest BCUT2D eigenvalue weighted by molar-refractivity contribution is 6.10. The number of benzene rings is 2. The second-order valence-electron chi connectivity index (χ2n) is 6.78. The molecule has 0 aliphatic carbocycles. The van der Waals surface area contributed by atoms with Crippen LogP contribution in [-0.2, 0) is 21.3 Å². The molecule has 0 bridgehead atoms. The van der Waals surface area contributed by atoms with Gasteiger partial charge < -0.3 is 10.2 Å². The van der Waals surface area contributed by atoms with Crippen LogP contribution in [0.2, 0.25) is 0 Å². The van der Waals surface area contributed by atoms with Gasteiger partial charge >= 0.3 is 12.2 Å². The lowest BCUT2D eigenvalue weighted by Crippen LogP contribution is -2.44. The number of hydrogen-bond acceptors (Lipinski definition) is 3. The zero-order valence-corrected chi connectivity index (χ0v) is 15.7. The molecule has 2 aromatic carbocycles. The average Bonchev–Trinajstić information content (AvgIpc) is 2.91. The van der Waals surface area contributed by atoms with Crippen molar-refractivity contribution < 1.29 is 27.6 Å². The number of urea groups is 1. The number of imide groups is 1. The predicted octanol–water partition coefficient (Wildman–Crippen LogP) is 3.14. The third-order valence-electron chi connectivity index (χ3n) is 4.86. The molecule has 4 amide bonds. The minimum atomic E-state index is -4.71. The van der Waals surface area contributed by atoms with Crippen LogP contribution in [0, 0.1) is 0 Å². The molecule has 1 aliphatic heterocycles. The number of likely N-dealkylation sites (N-methyl/N-ethyl adjacent to an activating group) is 1. The lowest BCUT2D eigenvalue weighted by Gasteiger charge is -2.26. The lowest BCUT2D eigenvalue weighted by atomic mass is 9.87. The molecule has 0 unspecified atom stereocenters. The van der Waals surface area contributed by atoms with E-state index in [9.17, 15) is 27.6 Å². The first kappa shape index (κ1) is 20.4. The molecule has 0 aromatic heterocycles. The van der Waals surface area contributed by atoms with E-state index in [1.54, 1.807) is 30.3 Å². The van der Waals surface area contributed by atoms with Crippen LogP contribution in [0.4, 0.5) is 23.7 Å². The molecule has 1 heterocycles. The Bertz CT molecular complexity index is 962. The number of carbonyl (C=O) groups is 3. The van der Waals surface area contributed by atoms with Gasteiger partial charge in [-0.15, -0.1) is 0 Å². The van der Waals surface area contributed by atoms with Crippen molar-refractivity contribution in [3.8, 4) is 0 Å². The summed E-state index contributed by atoms with van der Waals surface area (Å²) in [6.45, 7) is 0.600. The topological polar surface area (TPSA) is 69.7 Å². The Kier molecular flexibility index (Phi) is 5.08. The number of alkyl halides is 3. The van der Waals surface area contributed by atoms with Gasteiger partial charge in [-0.2, -0.15) is 13.2 Å². The zero-order valence-electron chi connectivity index (χ0n) is 15.7. The summed E-state index contributed by atoms with van der Waals surface area (Å²) in [6.07, 6.45) is -4.71. The first-order valence-electron chi connectivity index (χ1n) is 8.68. The number of nitrogens with one attached hydrogen (secondary N) is 1.